The molecule has 9 nitrogen and oxygen atoms in total. The van der Waals surface area contributed by atoms with Crippen molar-refractivity contribution in [2.45, 2.75) is 6.92 Å². The Morgan fingerprint density at radius 3 is 2.35 bits per heavy atom. The Morgan fingerprint density at radius 1 is 0.935 bits per heavy atom. The summed E-state index contributed by atoms with van der Waals surface area (Å²) < 4.78 is 5.14. The van der Waals surface area contributed by atoms with E-state index in [9.17, 15) is 4.79 Å². The van der Waals surface area contributed by atoms with E-state index in [4.69, 9.17) is 4.74 Å². The average molecular weight is 419 g/mol. The molecule has 4 rings (SSSR count). The molecule has 1 aromatic carbocycles. The van der Waals surface area contributed by atoms with Gasteiger partial charge < -0.3 is 25.2 Å². The van der Waals surface area contributed by atoms with Crippen molar-refractivity contribution in [3.8, 4) is 5.75 Å². The summed E-state index contributed by atoms with van der Waals surface area (Å²) in [5.41, 5.74) is 1.67. The summed E-state index contributed by atoms with van der Waals surface area (Å²) in [6.07, 6.45) is 0. The van der Waals surface area contributed by atoms with Crippen LogP contribution in [0.25, 0.3) is 0 Å². The summed E-state index contributed by atoms with van der Waals surface area (Å²) in [4.78, 5) is 20.9. The number of hydrogen-bond donors (Lipinski definition) is 2. The summed E-state index contributed by atoms with van der Waals surface area (Å²) in [5, 5.41) is 14.7. The molecule has 0 radical (unpaired) electrons. The molecule has 160 valence electrons. The van der Waals surface area contributed by atoms with Gasteiger partial charge in [0, 0.05) is 37.6 Å². The maximum atomic E-state index is 12.5. The molecule has 0 atom stereocenters. The van der Waals surface area contributed by atoms with Gasteiger partial charge in [0.1, 0.15) is 11.6 Å². The van der Waals surface area contributed by atoms with E-state index in [1.165, 1.54) is 0 Å². The number of urea groups is 1. The monoisotopic (exact) mass is 419 g/mol. The highest BCUT2D eigenvalue weighted by Crippen LogP contribution is 2.18. The number of pyridine rings is 1. The molecule has 1 aliphatic heterocycles. The van der Waals surface area contributed by atoms with Crippen molar-refractivity contribution in [2.24, 2.45) is 0 Å². The zero-order valence-electron chi connectivity index (χ0n) is 17.6. The third-order valence-corrected chi connectivity index (χ3v) is 5.03. The third-order valence-electron chi connectivity index (χ3n) is 5.03. The minimum atomic E-state index is -0.110. The van der Waals surface area contributed by atoms with Gasteiger partial charge in [-0.25, -0.2) is 9.78 Å². The van der Waals surface area contributed by atoms with E-state index >= 15 is 0 Å². The number of nitrogens with one attached hydrogen (secondary N) is 2. The van der Waals surface area contributed by atoms with E-state index in [0.717, 1.165) is 28.8 Å². The lowest BCUT2D eigenvalue weighted by atomic mass is 10.3. The standard InChI is InChI=1S/C22H25N7O2/c1-16-4-3-5-19(23-16)25-20-10-11-21(27-26-20)28-12-14-29(15-13-28)22(30)24-17-6-8-18(31-2)9-7-17/h3-11H,12-15H2,1-2H3,(H,24,30)(H,23,25,26). The lowest BCUT2D eigenvalue weighted by Gasteiger charge is -2.35. The molecule has 2 N–H and O–H groups in total. The molecule has 1 fully saturated rings. The minimum absolute atomic E-state index is 0.110. The van der Waals surface area contributed by atoms with Crippen molar-refractivity contribution in [3.05, 3.63) is 60.3 Å². The van der Waals surface area contributed by atoms with Gasteiger partial charge in [0.25, 0.3) is 0 Å². The van der Waals surface area contributed by atoms with Gasteiger partial charge in [-0.3, -0.25) is 0 Å². The molecule has 1 aliphatic rings. The van der Waals surface area contributed by atoms with E-state index in [1.807, 2.05) is 61.5 Å². The largest absolute Gasteiger partial charge is 0.497 e. The van der Waals surface area contributed by atoms with Crippen LogP contribution in [-0.4, -0.2) is 59.4 Å². The number of piperazine rings is 1. The number of aromatic nitrogens is 3. The fraction of sp³-hybridized carbons (Fsp3) is 0.273. The van der Waals surface area contributed by atoms with E-state index in [1.54, 1.807) is 12.0 Å². The highest BCUT2D eigenvalue weighted by Gasteiger charge is 2.22. The number of ether oxygens (including phenoxy) is 1. The van der Waals surface area contributed by atoms with Gasteiger partial charge >= 0.3 is 6.03 Å². The van der Waals surface area contributed by atoms with E-state index in [0.29, 0.717) is 32.0 Å². The Balaban J connectivity index is 1.29. The molecule has 2 aromatic heterocycles. The predicted molar refractivity (Wildman–Crippen MR) is 120 cm³/mol. The fourth-order valence-electron chi connectivity index (χ4n) is 3.32. The Hall–Kier alpha value is -3.88. The molecule has 1 saturated heterocycles. The molecule has 0 aliphatic carbocycles. The maximum Gasteiger partial charge on any atom is 0.321 e. The number of aryl methyl sites for hydroxylation is 1. The van der Waals surface area contributed by atoms with Crippen molar-refractivity contribution >= 4 is 29.2 Å². The molecule has 0 saturated carbocycles. The average Bonchev–Trinajstić information content (AvgIpc) is 2.80. The van der Waals surface area contributed by atoms with Gasteiger partial charge in [0.2, 0.25) is 0 Å². The molecule has 0 spiro atoms. The van der Waals surface area contributed by atoms with Crippen molar-refractivity contribution in [2.75, 3.05) is 48.8 Å². The second-order valence-corrected chi connectivity index (χ2v) is 7.20. The minimum Gasteiger partial charge on any atom is -0.497 e. The normalized spacial score (nSPS) is 13.6. The summed E-state index contributed by atoms with van der Waals surface area (Å²) in [7, 11) is 1.61. The number of anilines is 4. The number of nitrogens with zero attached hydrogens (tertiary/aromatic N) is 5. The molecule has 0 unspecified atom stereocenters. The van der Waals surface area contributed by atoms with Gasteiger partial charge in [-0.15, -0.1) is 10.2 Å². The zero-order chi connectivity index (χ0) is 21.6. The molecule has 3 aromatic rings. The van der Waals surface area contributed by atoms with Crippen LogP contribution >= 0.6 is 0 Å². The molecular weight excluding hydrogens is 394 g/mol. The number of methoxy groups -OCH3 is 1. The molecule has 31 heavy (non-hydrogen) atoms. The van der Waals surface area contributed by atoms with Crippen LogP contribution < -0.4 is 20.3 Å². The summed E-state index contributed by atoms with van der Waals surface area (Å²) in [6, 6.07) is 16.8. The number of carbonyl (C=O) groups is 1. The maximum absolute atomic E-state index is 12.5. The molecule has 9 heteroatoms. The fourth-order valence-corrected chi connectivity index (χ4v) is 3.32. The van der Waals surface area contributed by atoms with Gasteiger partial charge in [-0.05, 0) is 55.5 Å². The van der Waals surface area contributed by atoms with Crippen LogP contribution in [0.15, 0.2) is 54.6 Å². The Bertz CT molecular complexity index is 1020. The highest BCUT2D eigenvalue weighted by atomic mass is 16.5. The van der Waals surface area contributed by atoms with Crippen molar-refractivity contribution in [1.82, 2.24) is 20.1 Å². The Kier molecular flexibility index (Phi) is 6.11. The summed E-state index contributed by atoms with van der Waals surface area (Å²) in [6.45, 7) is 4.54. The first-order valence-corrected chi connectivity index (χ1v) is 10.1. The lowest BCUT2D eigenvalue weighted by Crippen LogP contribution is -2.50. The van der Waals surface area contributed by atoms with Crippen LogP contribution in [0.3, 0.4) is 0 Å². The van der Waals surface area contributed by atoms with Crippen molar-refractivity contribution in [1.29, 1.82) is 0 Å². The van der Waals surface area contributed by atoms with E-state index in [-0.39, 0.29) is 6.03 Å². The Morgan fingerprint density at radius 2 is 1.71 bits per heavy atom. The van der Waals surface area contributed by atoms with Crippen LogP contribution in [0.4, 0.5) is 27.9 Å². The number of benzene rings is 1. The van der Waals surface area contributed by atoms with Crippen LogP contribution in [0, 0.1) is 6.92 Å². The third kappa shape index (κ3) is 5.19. The number of rotatable bonds is 5. The zero-order valence-corrected chi connectivity index (χ0v) is 17.6. The molecule has 2 amide bonds. The van der Waals surface area contributed by atoms with Gasteiger partial charge in [-0.1, -0.05) is 6.07 Å². The molecule has 0 bridgehead atoms. The van der Waals surface area contributed by atoms with E-state index < -0.39 is 0 Å². The van der Waals surface area contributed by atoms with E-state index in [2.05, 4.69) is 30.7 Å². The summed E-state index contributed by atoms with van der Waals surface area (Å²) >= 11 is 0. The first-order chi connectivity index (χ1) is 15.1. The van der Waals surface area contributed by atoms with Crippen molar-refractivity contribution < 1.29 is 9.53 Å². The van der Waals surface area contributed by atoms with Gasteiger partial charge in [0.05, 0.1) is 7.11 Å². The van der Waals surface area contributed by atoms with Crippen LogP contribution in [0.5, 0.6) is 5.75 Å². The lowest BCUT2D eigenvalue weighted by molar-refractivity contribution is 0.208. The van der Waals surface area contributed by atoms with Crippen LogP contribution in [-0.2, 0) is 0 Å². The van der Waals surface area contributed by atoms with Gasteiger partial charge in [-0.2, -0.15) is 0 Å². The van der Waals surface area contributed by atoms with Crippen LogP contribution in [0.1, 0.15) is 5.69 Å². The number of amides is 2. The second-order valence-electron chi connectivity index (χ2n) is 7.20. The highest BCUT2D eigenvalue weighted by molar-refractivity contribution is 5.89. The topological polar surface area (TPSA) is 95.5 Å². The molecule has 3 heterocycles. The van der Waals surface area contributed by atoms with Gasteiger partial charge in [0.15, 0.2) is 11.6 Å². The predicted octanol–water partition coefficient (Wildman–Crippen LogP) is 3.29. The molecular formula is C22H25N7O2. The first-order valence-electron chi connectivity index (χ1n) is 10.1. The number of carbonyl (C=O) groups excluding carboxylic acids is 1. The quantitative estimate of drug-likeness (QED) is 0.655. The van der Waals surface area contributed by atoms with Crippen LogP contribution in [0.2, 0.25) is 0 Å². The first kappa shape index (κ1) is 20.4. The summed E-state index contributed by atoms with van der Waals surface area (Å²) in [5.74, 6) is 2.92. The Labute approximate surface area is 181 Å². The second kappa shape index (κ2) is 9.29. The SMILES string of the molecule is COc1ccc(NC(=O)N2CCN(c3ccc(Nc4cccc(C)n4)nn3)CC2)cc1. The van der Waals surface area contributed by atoms with Crippen molar-refractivity contribution in [3.63, 3.8) is 0 Å². The smallest absolute Gasteiger partial charge is 0.321 e. The number of hydrogen-bond acceptors (Lipinski definition) is 7.